The van der Waals surface area contributed by atoms with E-state index in [1.54, 1.807) is 0 Å². The van der Waals surface area contributed by atoms with Crippen LogP contribution in [0, 0.1) is 0 Å². The van der Waals surface area contributed by atoms with Gasteiger partial charge in [0.2, 0.25) is 0 Å². The molecule has 0 heterocycles. The molecule has 3 radical (unpaired) electrons. The Morgan fingerprint density at radius 1 is 0.889 bits per heavy atom. The SMILES string of the molecule is OCCCCCCC[Si]. The van der Waals surface area contributed by atoms with Crippen molar-refractivity contribution < 1.29 is 5.11 Å². The fraction of sp³-hybridized carbons (Fsp3) is 1.00. The Kier molecular flexibility index (Phi) is 8.34. The molecular formula is C7H15OSi. The fourth-order valence-electron chi connectivity index (χ4n) is 0.767. The molecule has 0 saturated carbocycles. The maximum absolute atomic E-state index is 8.41. The topological polar surface area (TPSA) is 20.2 Å². The van der Waals surface area contributed by atoms with Gasteiger partial charge in [-0.05, 0) is 6.42 Å². The van der Waals surface area contributed by atoms with E-state index in [0.29, 0.717) is 6.61 Å². The van der Waals surface area contributed by atoms with Crippen molar-refractivity contribution in [3.8, 4) is 0 Å². The van der Waals surface area contributed by atoms with Crippen LogP contribution < -0.4 is 0 Å². The van der Waals surface area contributed by atoms with Crippen molar-refractivity contribution in [2.24, 2.45) is 0 Å². The average Bonchev–Trinajstić information content (AvgIpc) is 1.89. The maximum atomic E-state index is 8.41. The molecule has 0 amide bonds. The molecule has 0 aliphatic carbocycles. The Balaban J connectivity index is 2.60. The number of rotatable bonds is 6. The average molecular weight is 143 g/mol. The van der Waals surface area contributed by atoms with E-state index in [2.05, 4.69) is 10.2 Å². The minimum Gasteiger partial charge on any atom is -0.396 e. The Morgan fingerprint density at radius 3 is 2.00 bits per heavy atom. The summed E-state index contributed by atoms with van der Waals surface area (Å²) in [4.78, 5) is 0. The van der Waals surface area contributed by atoms with E-state index in [-0.39, 0.29) is 0 Å². The van der Waals surface area contributed by atoms with E-state index in [0.717, 1.165) is 12.5 Å². The lowest BCUT2D eigenvalue weighted by molar-refractivity contribution is 0.282. The summed E-state index contributed by atoms with van der Waals surface area (Å²) < 4.78 is 0. The summed E-state index contributed by atoms with van der Waals surface area (Å²) >= 11 is 0. The molecule has 0 saturated heterocycles. The maximum Gasteiger partial charge on any atom is 0.0431 e. The van der Waals surface area contributed by atoms with Crippen LogP contribution in [0.3, 0.4) is 0 Å². The number of aliphatic hydroxyl groups excluding tert-OH is 1. The molecule has 9 heavy (non-hydrogen) atoms. The third-order valence-corrected chi connectivity index (χ3v) is 1.69. The zero-order valence-electron chi connectivity index (χ0n) is 5.90. The Bertz CT molecular complexity index is 42.2. The predicted octanol–water partition coefficient (Wildman–Crippen LogP) is 1.52. The highest BCUT2D eigenvalue weighted by molar-refractivity contribution is 6.08. The van der Waals surface area contributed by atoms with Crippen molar-refractivity contribution in [2.45, 2.75) is 38.1 Å². The molecule has 0 rings (SSSR count). The molecule has 0 aromatic rings. The third kappa shape index (κ3) is 8.18. The minimum absolute atomic E-state index is 0.355. The van der Waals surface area contributed by atoms with Gasteiger partial charge in [0.05, 0.1) is 0 Å². The summed E-state index contributed by atoms with van der Waals surface area (Å²) in [7, 11) is 3.41. The van der Waals surface area contributed by atoms with Crippen molar-refractivity contribution in [3.05, 3.63) is 0 Å². The highest BCUT2D eigenvalue weighted by atomic mass is 28.1. The first-order valence-corrected chi connectivity index (χ1v) is 4.38. The summed E-state index contributed by atoms with van der Waals surface area (Å²) in [6.07, 6.45) is 5.99. The normalized spacial score (nSPS) is 10.0. The van der Waals surface area contributed by atoms with Gasteiger partial charge < -0.3 is 5.11 Å². The molecule has 0 atom stereocenters. The van der Waals surface area contributed by atoms with Gasteiger partial charge in [-0.3, -0.25) is 0 Å². The fourth-order valence-corrected chi connectivity index (χ4v) is 1.02. The van der Waals surface area contributed by atoms with Gasteiger partial charge in [-0.1, -0.05) is 31.7 Å². The first-order chi connectivity index (χ1) is 4.41. The summed E-state index contributed by atoms with van der Waals surface area (Å²) in [5, 5.41) is 8.41. The van der Waals surface area contributed by atoms with E-state index in [4.69, 9.17) is 5.11 Å². The molecule has 53 valence electrons. The van der Waals surface area contributed by atoms with E-state index < -0.39 is 0 Å². The van der Waals surface area contributed by atoms with Gasteiger partial charge in [0, 0.05) is 16.8 Å². The molecular weight excluding hydrogens is 128 g/mol. The van der Waals surface area contributed by atoms with Gasteiger partial charge >= 0.3 is 0 Å². The smallest absolute Gasteiger partial charge is 0.0431 e. The molecule has 0 unspecified atom stereocenters. The highest BCUT2D eigenvalue weighted by Gasteiger charge is 1.86. The zero-order valence-corrected chi connectivity index (χ0v) is 6.90. The van der Waals surface area contributed by atoms with E-state index in [1.807, 2.05) is 0 Å². The third-order valence-electron chi connectivity index (χ3n) is 1.33. The first kappa shape index (κ1) is 9.18. The van der Waals surface area contributed by atoms with Crippen LogP contribution in [0.5, 0.6) is 0 Å². The van der Waals surface area contributed by atoms with Crippen LogP contribution in [0.25, 0.3) is 0 Å². The first-order valence-electron chi connectivity index (χ1n) is 3.67. The van der Waals surface area contributed by atoms with E-state index >= 15 is 0 Å². The van der Waals surface area contributed by atoms with Gasteiger partial charge in [-0.2, -0.15) is 0 Å². The molecule has 0 aliphatic rings. The van der Waals surface area contributed by atoms with Crippen molar-refractivity contribution in [1.82, 2.24) is 0 Å². The van der Waals surface area contributed by atoms with Crippen LogP contribution in [0.15, 0.2) is 0 Å². The number of aliphatic hydroxyl groups is 1. The van der Waals surface area contributed by atoms with Gasteiger partial charge in [0.25, 0.3) is 0 Å². The second kappa shape index (κ2) is 8.18. The second-order valence-corrected chi connectivity index (χ2v) is 2.74. The molecule has 1 N–H and O–H groups in total. The molecule has 0 aromatic carbocycles. The summed E-state index contributed by atoms with van der Waals surface area (Å²) in [6.45, 7) is 0.355. The molecule has 1 nitrogen and oxygen atoms in total. The van der Waals surface area contributed by atoms with Crippen molar-refractivity contribution in [3.63, 3.8) is 0 Å². The molecule has 0 bridgehead atoms. The van der Waals surface area contributed by atoms with Crippen molar-refractivity contribution >= 4 is 10.2 Å². The van der Waals surface area contributed by atoms with Crippen LogP contribution in [-0.2, 0) is 0 Å². The van der Waals surface area contributed by atoms with E-state index in [1.165, 1.54) is 25.7 Å². The highest BCUT2D eigenvalue weighted by Crippen LogP contribution is 2.03. The van der Waals surface area contributed by atoms with Gasteiger partial charge in [-0.25, -0.2) is 0 Å². The summed E-state index contributed by atoms with van der Waals surface area (Å²) in [5.41, 5.74) is 0. The Labute approximate surface area is 60.9 Å². The largest absolute Gasteiger partial charge is 0.396 e. The van der Waals surface area contributed by atoms with Gasteiger partial charge in [0.1, 0.15) is 0 Å². The number of unbranched alkanes of at least 4 members (excludes halogenated alkanes) is 4. The zero-order chi connectivity index (χ0) is 6.95. The lowest BCUT2D eigenvalue weighted by atomic mass is 10.2. The molecule has 0 fully saturated rings. The van der Waals surface area contributed by atoms with Crippen LogP contribution >= 0.6 is 0 Å². The lowest BCUT2D eigenvalue weighted by Crippen LogP contribution is -1.82. The predicted molar refractivity (Wildman–Crippen MR) is 40.7 cm³/mol. The molecule has 2 heteroatoms. The molecule has 0 spiro atoms. The Hall–Kier alpha value is 0.177. The number of hydrogen-bond donors (Lipinski definition) is 1. The number of hydrogen-bond acceptors (Lipinski definition) is 1. The van der Waals surface area contributed by atoms with Crippen LogP contribution in [0.2, 0.25) is 6.04 Å². The molecule has 0 aromatic heterocycles. The van der Waals surface area contributed by atoms with Crippen molar-refractivity contribution in [1.29, 1.82) is 0 Å². The monoisotopic (exact) mass is 143 g/mol. The standard InChI is InChI=1S/C7H15OSi/c8-6-4-2-1-3-5-7-9/h8H,1-7H2. The van der Waals surface area contributed by atoms with E-state index in [9.17, 15) is 0 Å². The minimum atomic E-state index is 0.355. The van der Waals surface area contributed by atoms with Gasteiger partial charge in [0.15, 0.2) is 0 Å². The summed E-state index contributed by atoms with van der Waals surface area (Å²) in [5.74, 6) is 0. The Morgan fingerprint density at radius 2 is 1.44 bits per heavy atom. The lowest BCUT2D eigenvalue weighted by Gasteiger charge is -1.95. The second-order valence-electron chi connectivity index (χ2n) is 2.24. The molecule has 0 aliphatic heterocycles. The van der Waals surface area contributed by atoms with Crippen LogP contribution in [-0.4, -0.2) is 22.0 Å². The van der Waals surface area contributed by atoms with Crippen LogP contribution in [0.4, 0.5) is 0 Å². The summed E-state index contributed by atoms with van der Waals surface area (Å²) in [6, 6.07) is 1.11. The van der Waals surface area contributed by atoms with Crippen LogP contribution in [0.1, 0.15) is 32.1 Å². The van der Waals surface area contributed by atoms with Gasteiger partial charge in [-0.15, -0.1) is 0 Å². The quantitative estimate of drug-likeness (QED) is 0.441. The van der Waals surface area contributed by atoms with Crippen molar-refractivity contribution in [2.75, 3.05) is 6.61 Å².